The lowest BCUT2D eigenvalue weighted by Gasteiger charge is -2.21. The van der Waals surface area contributed by atoms with Gasteiger partial charge in [-0.2, -0.15) is 0 Å². The van der Waals surface area contributed by atoms with E-state index in [-0.39, 0.29) is 0 Å². The Labute approximate surface area is 374 Å². The summed E-state index contributed by atoms with van der Waals surface area (Å²) in [5.74, 6) is 0. The zero-order valence-electron chi connectivity index (χ0n) is 35.2. The predicted molar refractivity (Wildman–Crippen MR) is 275 cm³/mol. The fourth-order valence-electron chi connectivity index (χ4n) is 10.1. The molecule has 12 aromatic rings. The van der Waals surface area contributed by atoms with Crippen molar-refractivity contribution >= 4 is 43.1 Å². The number of rotatable bonds is 7. The molecular weight excluding hydrogens is 769 g/mol. The van der Waals surface area contributed by atoms with Gasteiger partial charge < -0.3 is 0 Å². The topological polar surface area (TPSA) is 0 Å². The highest BCUT2D eigenvalue weighted by molar-refractivity contribution is 6.25. The van der Waals surface area contributed by atoms with Gasteiger partial charge in [0, 0.05) is 0 Å². The van der Waals surface area contributed by atoms with E-state index in [4.69, 9.17) is 0 Å². The van der Waals surface area contributed by atoms with Crippen molar-refractivity contribution in [1.82, 2.24) is 0 Å². The minimum atomic E-state index is 1.20. The largest absolute Gasteiger partial charge is 0.0622 e. The monoisotopic (exact) mass is 810 g/mol. The number of fused-ring (bicyclic) bond motifs is 4. The summed E-state index contributed by atoms with van der Waals surface area (Å²) in [5.41, 5.74) is 17.2. The lowest BCUT2D eigenvalue weighted by Crippen LogP contribution is -1.94. The summed E-state index contributed by atoms with van der Waals surface area (Å²) in [4.78, 5) is 0. The molecule has 0 amide bonds. The number of hydrogen-bond acceptors (Lipinski definition) is 0. The van der Waals surface area contributed by atoms with Crippen LogP contribution in [-0.4, -0.2) is 0 Å². The molecule has 0 N–H and O–H groups in total. The molecule has 0 nitrogen and oxygen atoms in total. The first-order valence-electron chi connectivity index (χ1n) is 22.2. The lowest BCUT2D eigenvalue weighted by atomic mass is 9.82. The standard InChI is InChI=1S/C64H42/c1-4-16-43(17-5-1)46-28-34-49(35-29-46)61-54-23-11-14-26-57(54)64(58-27-15-12-24-55(58)61)52-40-41-59-60(42-52)63(51-38-32-48(33-39-51)45-20-8-3-9-21-45)56-25-13-10-22-53(56)62(59)50-36-30-47(31-37-50)44-18-6-2-7-19-44/h1-42H. The fourth-order valence-corrected chi connectivity index (χ4v) is 10.1. The third-order valence-corrected chi connectivity index (χ3v) is 13.1. The Morgan fingerprint density at radius 2 is 0.328 bits per heavy atom. The molecule has 0 aliphatic carbocycles. The van der Waals surface area contributed by atoms with Crippen molar-refractivity contribution in [2.24, 2.45) is 0 Å². The first kappa shape index (κ1) is 37.4. The zero-order valence-corrected chi connectivity index (χ0v) is 35.2. The summed E-state index contributed by atoms with van der Waals surface area (Å²) in [6.07, 6.45) is 0. The summed E-state index contributed by atoms with van der Waals surface area (Å²) >= 11 is 0. The second-order valence-electron chi connectivity index (χ2n) is 16.7. The first-order valence-corrected chi connectivity index (χ1v) is 22.2. The van der Waals surface area contributed by atoms with Crippen molar-refractivity contribution in [3.63, 3.8) is 0 Å². The van der Waals surface area contributed by atoms with Gasteiger partial charge in [0.05, 0.1) is 0 Å². The van der Waals surface area contributed by atoms with Gasteiger partial charge in [-0.05, 0) is 127 Å². The van der Waals surface area contributed by atoms with Gasteiger partial charge in [0.25, 0.3) is 0 Å². The van der Waals surface area contributed by atoms with Gasteiger partial charge in [-0.3, -0.25) is 0 Å². The Hall–Kier alpha value is -8.32. The first-order chi connectivity index (χ1) is 31.8. The van der Waals surface area contributed by atoms with E-state index in [1.165, 1.54) is 121 Å². The molecule has 0 unspecified atom stereocenters. The molecule has 0 radical (unpaired) electrons. The maximum Gasteiger partial charge on any atom is -0.00261 e. The average molecular weight is 811 g/mol. The molecule has 0 aliphatic heterocycles. The molecule has 64 heavy (non-hydrogen) atoms. The average Bonchev–Trinajstić information content (AvgIpc) is 3.38. The number of hydrogen-bond donors (Lipinski definition) is 0. The van der Waals surface area contributed by atoms with Gasteiger partial charge in [-0.25, -0.2) is 0 Å². The van der Waals surface area contributed by atoms with E-state index in [9.17, 15) is 0 Å². The normalized spacial score (nSPS) is 11.4. The van der Waals surface area contributed by atoms with Crippen LogP contribution in [0.1, 0.15) is 0 Å². The van der Waals surface area contributed by atoms with Crippen molar-refractivity contribution in [2.75, 3.05) is 0 Å². The highest BCUT2D eigenvalue weighted by Gasteiger charge is 2.21. The van der Waals surface area contributed by atoms with Gasteiger partial charge in [0.15, 0.2) is 0 Å². The third-order valence-electron chi connectivity index (χ3n) is 13.1. The van der Waals surface area contributed by atoms with Crippen LogP contribution in [0.2, 0.25) is 0 Å². The lowest BCUT2D eigenvalue weighted by molar-refractivity contribution is 1.60. The van der Waals surface area contributed by atoms with E-state index in [0.29, 0.717) is 0 Å². The summed E-state index contributed by atoms with van der Waals surface area (Å²) in [6.45, 7) is 0. The van der Waals surface area contributed by atoms with E-state index in [1.807, 2.05) is 0 Å². The Kier molecular flexibility index (Phi) is 9.28. The van der Waals surface area contributed by atoms with Crippen LogP contribution < -0.4 is 0 Å². The van der Waals surface area contributed by atoms with Gasteiger partial charge in [-0.1, -0.05) is 249 Å². The van der Waals surface area contributed by atoms with E-state index in [2.05, 4.69) is 255 Å². The van der Waals surface area contributed by atoms with E-state index >= 15 is 0 Å². The fraction of sp³-hybridized carbons (Fsp3) is 0. The molecule has 0 fully saturated rings. The van der Waals surface area contributed by atoms with Gasteiger partial charge in [0.2, 0.25) is 0 Å². The predicted octanol–water partition coefficient (Wildman–Crippen LogP) is 18.0. The Bertz CT molecular complexity index is 3590. The van der Waals surface area contributed by atoms with Crippen molar-refractivity contribution < 1.29 is 0 Å². The molecule has 12 rings (SSSR count). The van der Waals surface area contributed by atoms with Crippen LogP contribution in [-0.2, 0) is 0 Å². The van der Waals surface area contributed by atoms with Crippen molar-refractivity contribution in [2.45, 2.75) is 0 Å². The maximum atomic E-state index is 2.48. The molecule has 12 aromatic carbocycles. The minimum Gasteiger partial charge on any atom is -0.0622 e. The smallest absolute Gasteiger partial charge is 0.00261 e. The molecule has 298 valence electrons. The number of benzene rings is 12. The van der Waals surface area contributed by atoms with Crippen LogP contribution in [0.3, 0.4) is 0 Å². The quantitative estimate of drug-likeness (QED) is 0.141. The van der Waals surface area contributed by atoms with Crippen LogP contribution in [0.25, 0.3) is 121 Å². The van der Waals surface area contributed by atoms with Crippen LogP contribution in [0.4, 0.5) is 0 Å². The van der Waals surface area contributed by atoms with E-state index in [1.54, 1.807) is 0 Å². The highest BCUT2D eigenvalue weighted by Crippen LogP contribution is 2.48. The van der Waals surface area contributed by atoms with Gasteiger partial charge in [-0.15, -0.1) is 0 Å². The second-order valence-corrected chi connectivity index (χ2v) is 16.7. The Morgan fingerprint density at radius 1 is 0.125 bits per heavy atom. The molecule has 0 aliphatic rings. The maximum absolute atomic E-state index is 2.48. The third kappa shape index (κ3) is 6.48. The van der Waals surface area contributed by atoms with Crippen molar-refractivity contribution in [3.8, 4) is 77.9 Å². The SMILES string of the molecule is c1ccc(-c2ccc(-c3c4ccccc4c(-c4ccc5c(-c6ccc(-c7ccccc7)cc6)c6ccccc6c(-c6ccc(-c7ccccc7)cc6)c5c4)c4ccccc34)cc2)cc1. The van der Waals surface area contributed by atoms with Crippen LogP contribution in [0, 0.1) is 0 Å². The molecule has 0 atom stereocenters. The van der Waals surface area contributed by atoms with Gasteiger partial charge in [0.1, 0.15) is 0 Å². The van der Waals surface area contributed by atoms with E-state index < -0.39 is 0 Å². The molecule has 0 bridgehead atoms. The molecule has 0 saturated heterocycles. The summed E-state index contributed by atoms with van der Waals surface area (Å²) in [7, 11) is 0. The minimum absolute atomic E-state index is 1.20. The molecule has 0 heteroatoms. The Balaban J connectivity index is 1.11. The van der Waals surface area contributed by atoms with E-state index in [0.717, 1.165) is 0 Å². The molecule has 0 heterocycles. The molecular formula is C64H42. The van der Waals surface area contributed by atoms with Crippen LogP contribution >= 0.6 is 0 Å². The molecule has 0 saturated carbocycles. The second kappa shape index (κ2) is 15.9. The van der Waals surface area contributed by atoms with Crippen LogP contribution in [0.15, 0.2) is 255 Å². The molecule has 0 aromatic heterocycles. The van der Waals surface area contributed by atoms with Crippen LogP contribution in [0.5, 0.6) is 0 Å². The Morgan fingerprint density at radius 3 is 0.641 bits per heavy atom. The molecule has 0 spiro atoms. The summed E-state index contributed by atoms with van der Waals surface area (Å²) in [5, 5.41) is 9.95. The zero-order chi connectivity index (χ0) is 42.4. The van der Waals surface area contributed by atoms with Crippen molar-refractivity contribution in [1.29, 1.82) is 0 Å². The van der Waals surface area contributed by atoms with Crippen molar-refractivity contribution in [3.05, 3.63) is 255 Å². The van der Waals surface area contributed by atoms with Gasteiger partial charge >= 0.3 is 0 Å². The summed E-state index contributed by atoms with van der Waals surface area (Å²) in [6, 6.07) is 93.6. The highest BCUT2D eigenvalue weighted by atomic mass is 14.2. The summed E-state index contributed by atoms with van der Waals surface area (Å²) < 4.78 is 0.